The van der Waals surface area contributed by atoms with Crippen molar-refractivity contribution in [1.82, 2.24) is 4.90 Å². The van der Waals surface area contributed by atoms with Gasteiger partial charge in [0.2, 0.25) is 0 Å². The van der Waals surface area contributed by atoms with Crippen molar-refractivity contribution in [2.24, 2.45) is 0 Å². The Labute approximate surface area is 189 Å². The molecule has 0 aliphatic carbocycles. The summed E-state index contributed by atoms with van der Waals surface area (Å²) in [7, 11) is 0. The third-order valence-corrected chi connectivity index (χ3v) is 6.01. The van der Waals surface area contributed by atoms with Crippen LogP contribution in [-0.2, 0) is 13.0 Å². The van der Waals surface area contributed by atoms with Crippen LogP contribution in [0.4, 0.5) is 0 Å². The van der Waals surface area contributed by atoms with Crippen LogP contribution < -0.4 is 9.47 Å². The van der Waals surface area contributed by atoms with E-state index in [1.54, 1.807) is 0 Å². The molecular weight excluding hydrogens is 402 g/mol. The number of benzene rings is 3. The lowest BCUT2D eigenvalue weighted by Crippen LogP contribution is -2.57. The number of rotatable bonds is 9. The van der Waals surface area contributed by atoms with Gasteiger partial charge in [0.05, 0.1) is 11.7 Å². The Hall–Kier alpha value is -2.86. The van der Waals surface area contributed by atoms with E-state index in [-0.39, 0.29) is 0 Å². The van der Waals surface area contributed by atoms with Crippen molar-refractivity contribution < 1.29 is 19.7 Å². The Bertz CT molecular complexity index is 948. The zero-order chi connectivity index (χ0) is 22.2. The highest BCUT2D eigenvalue weighted by molar-refractivity contribution is 5.31. The van der Waals surface area contributed by atoms with E-state index in [0.29, 0.717) is 39.1 Å². The predicted molar refractivity (Wildman–Crippen MR) is 125 cm³/mol. The highest BCUT2D eigenvalue weighted by Crippen LogP contribution is 2.27. The van der Waals surface area contributed by atoms with Crippen LogP contribution in [0.3, 0.4) is 0 Å². The minimum absolute atomic E-state index is 0.443. The summed E-state index contributed by atoms with van der Waals surface area (Å²) >= 11 is 0. The molecule has 32 heavy (non-hydrogen) atoms. The molecule has 5 nitrogen and oxygen atoms in total. The Morgan fingerprint density at radius 3 is 2.03 bits per heavy atom. The highest BCUT2D eigenvalue weighted by Gasteiger charge is 2.40. The van der Waals surface area contributed by atoms with E-state index < -0.39 is 11.7 Å². The number of nitrogens with zero attached hydrogens (tertiary/aromatic N) is 1. The van der Waals surface area contributed by atoms with E-state index in [0.717, 1.165) is 29.2 Å². The summed E-state index contributed by atoms with van der Waals surface area (Å²) in [5, 5.41) is 21.5. The van der Waals surface area contributed by atoms with E-state index in [1.165, 1.54) is 0 Å². The fourth-order valence-electron chi connectivity index (χ4n) is 4.05. The molecule has 3 aromatic rings. The van der Waals surface area contributed by atoms with Gasteiger partial charge in [0.25, 0.3) is 0 Å². The molecule has 1 heterocycles. The van der Waals surface area contributed by atoms with Crippen LogP contribution in [0.5, 0.6) is 11.5 Å². The summed E-state index contributed by atoms with van der Waals surface area (Å²) in [6.07, 6.45) is 0.228. The summed E-state index contributed by atoms with van der Waals surface area (Å²) in [5.41, 5.74) is 1.10. The molecule has 4 rings (SSSR count). The van der Waals surface area contributed by atoms with Crippen molar-refractivity contribution in [2.75, 3.05) is 26.2 Å². The Morgan fingerprint density at radius 2 is 1.41 bits per heavy atom. The molecule has 0 amide bonds. The molecular formula is C27H31NO4. The third kappa shape index (κ3) is 6.10. The van der Waals surface area contributed by atoms with Gasteiger partial charge in [-0.3, -0.25) is 4.90 Å². The molecule has 0 spiro atoms. The minimum atomic E-state index is -1.08. The lowest BCUT2D eigenvalue weighted by atomic mass is 9.83. The van der Waals surface area contributed by atoms with Gasteiger partial charge in [0, 0.05) is 26.1 Å². The Kier molecular flexibility index (Phi) is 7.43. The van der Waals surface area contributed by atoms with Crippen molar-refractivity contribution in [3.05, 3.63) is 96.1 Å². The van der Waals surface area contributed by atoms with Gasteiger partial charge in [-0.15, -0.1) is 0 Å². The van der Waals surface area contributed by atoms with Gasteiger partial charge in [0.15, 0.2) is 0 Å². The van der Waals surface area contributed by atoms with Crippen LogP contribution in [0.2, 0.25) is 0 Å². The molecule has 0 radical (unpaired) electrons. The molecule has 1 fully saturated rings. The first-order valence-corrected chi connectivity index (χ1v) is 11.2. The fraction of sp³-hybridized carbons (Fsp3) is 0.333. The fourth-order valence-corrected chi connectivity index (χ4v) is 4.05. The molecule has 5 heteroatoms. The molecule has 0 saturated carbocycles. The molecule has 2 unspecified atom stereocenters. The summed E-state index contributed by atoms with van der Waals surface area (Å²) in [6, 6.07) is 27.6. The summed E-state index contributed by atoms with van der Waals surface area (Å²) in [4.78, 5) is 2.14. The van der Waals surface area contributed by atoms with Crippen LogP contribution in [-0.4, -0.2) is 53.1 Å². The van der Waals surface area contributed by atoms with Gasteiger partial charge in [0.1, 0.15) is 24.7 Å². The average Bonchev–Trinajstić information content (AvgIpc) is 2.82. The number of likely N-dealkylation sites (tertiary alicyclic amines) is 1. The first-order chi connectivity index (χ1) is 15.6. The smallest absolute Gasteiger partial charge is 0.120 e. The van der Waals surface area contributed by atoms with Crippen molar-refractivity contribution in [3.8, 4) is 11.5 Å². The minimum Gasteiger partial charge on any atom is -0.492 e. The Morgan fingerprint density at radius 1 is 0.812 bits per heavy atom. The molecule has 3 aromatic carbocycles. The van der Waals surface area contributed by atoms with E-state index in [4.69, 9.17) is 9.47 Å². The van der Waals surface area contributed by atoms with Gasteiger partial charge in [-0.2, -0.15) is 0 Å². The van der Waals surface area contributed by atoms with Crippen LogP contribution >= 0.6 is 0 Å². The largest absolute Gasteiger partial charge is 0.492 e. The van der Waals surface area contributed by atoms with Crippen molar-refractivity contribution >= 4 is 0 Å². The van der Waals surface area contributed by atoms with Crippen molar-refractivity contribution in [1.29, 1.82) is 0 Å². The second kappa shape index (κ2) is 10.6. The molecule has 1 aliphatic rings. The standard InChI is InChI=1S/C27H31NO4/c29-26-20-28(16-15-27(26,30)19-22-7-3-1-4-8-22)17-18-31-24-11-13-25(14-12-24)32-21-23-9-5-2-6-10-23/h1-14,26,29-30H,15-21H2. The molecule has 1 aliphatic heterocycles. The van der Waals surface area contributed by atoms with Gasteiger partial charge in [-0.05, 0) is 41.8 Å². The first-order valence-electron chi connectivity index (χ1n) is 11.2. The van der Waals surface area contributed by atoms with Crippen LogP contribution in [0.1, 0.15) is 17.5 Å². The number of aliphatic hydroxyl groups excluding tert-OH is 1. The number of β-amino-alcohol motifs (C(OH)–C–C–N with tert-alkyl or cyclic N) is 1. The van der Waals surface area contributed by atoms with Gasteiger partial charge in [-0.25, -0.2) is 0 Å². The van der Waals surface area contributed by atoms with E-state index in [9.17, 15) is 10.2 Å². The van der Waals surface area contributed by atoms with Crippen molar-refractivity contribution in [2.45, 2.75) is 31.2 Å². The summed E-state index contributed by atoms with van der Waals surface area (Å²) < 4.78 is 11.7. The lowest BCUT2D eigenvalue weighted by Gasteiger charge is -2.42. The average molecular weight is 434 g/mol. The third-order valence-electron chi connectivity index (χ3n) is 6.01. The normalized spacial score (nSPS) is 21.2. The predicted octanol–water partition coefficient (Wildman–Crippen LogP) is 3.68. The second-order valence-electron chi connectivity index (χ2n) is 8.43. The molecule has 0 bridgehead atoms. The molecule has 1 saturated heterocycles. The second-order valence-corrected chi connectivity index (χ2v) is 8.43. The quantitative estimate of drug-likeness (QED) is 0.539. The lowest BCUT2D eigenvalue weighted by molar-refractivity contribution is -0.119. The van der Waals surface area contributed by atoms with Crippen LogP contribution in [0.25, 0.3) is 0 Å². The number of hydrogen-bond acceptors (Lipinski definition) is 5. The zero-order valence-corrected chi connectivity index (χ0v) is 18.3. The molecule has 2 N–H and O–H groups in total. The summed E-state index contributed by atoms with van der Waals surface area (Å²) in [6.45, 7) is 2.93. The molecule has 2 atom stereocenters. The molecule has 0 aromatic heterocycles. The van der Waals surface area contributed by atoms with E-state index in [1.807, 2.05) is 84.9 Å². The van der Waals surface area contributed by atoms with Gasteiger partial charge < -0.3 is 19.7 Å². The van der Waals surface area contributed by atoms with E-state index >= 15 is 0 Å². The number of ether oxygens (including phenoxy) is 2. The molecule has 168 valence electrons. The van der Waals surface area contributed by atoms with Crippen LogP contribution in [0, 0.1) is 0 Å². The maximum Gasteiger partial charge on any atom is 0.120 e. The van der Waals surface area contributed by atoms with Crippen molar-refractivity contribution in [3.63, 3.8) is 0 Å². The highest BCUT2D eigenvalue weighted by atomic mass is 16.5. The SMILES string of the molecule is OC1CN(CCOc2ccc(OCc3ccccc3)cc2)CCC1(O)Cc1ccccc1. The summed E-state index contributed by atoms with van der Waals surface area (Å²) in [5.74, 6) is 1.59. The number of hydrogen-bond donors (Lipinski definition) is 2. The van der Waals surface area contributed by atoms with Gasteiger partial charge in [-0.1, -0.05) is 60.7 Å². The maximum atomic E-state index is 10.9. The maximum absolute atomic E-state index is 10.9. The first kappa shape index (κ1) is 22.3. The monoisotopic (exact) mass is 433 g/mol. The van der Waals surface area contributed by atoms with Crippen LogP contribution in [0.15, 0.2) is 84.9 Å². The zero-order valence-electron chi connectivity index (χ0n) is 18.3. The Balaban J connectivity index is 1.19. The topological polar surface area (TPSA) is 62.2 Å². The van der Waals surface area contributed by atoms with E-state index in [2.05, 4.69) is 4.90 Å². The number of piperidine rings is 1. The van der Waals surface area contributed by atoms with Gasteiger partial charge >= 0.3 is 0 Å². The number of aliphatic hydroxyl groups is 2.